The molecule has 0 saturated carbocycles. The van der Waals surface area contributed by atoms with Gasteiger partial charge in [-0.1, -0.05) is 65.9 Å². The van der Waals surface area contributed by atoms with Gasteiger partial charge < -0.3 is 20.7 Å². The van der Waals surface area contributed by atoms with Gasteiger partial charge in [-0.3, -0.25) is 14.4 Å². The maximum Gasteiger partial charge on any atom is 0.272 e. The highest BCUT2D eigenvalue weighted by Gasteiger charge is 2.16. The van der Waals surface area contributed by atoms with Gasteiger partial charge in [-0.25, -0.2) is 4.98 Å². The summed E-state index contributed by atoms with van der Waals surface area (Å²) in [6, 6.07) is 30.7. The maximum atomic E-state index is 13.3. The van der Waals surface area contributed by atoms with Crippen molar-refractivity contribution in [2.24, 2.45) is 0 Å². The van der Waals surface area contributed by atoms with E-state index in [2.05, 4.69) is 20.9 Å². The fraction of sp³-hybridized carbons (Fsp3) is 0.0625. The largest absolute Gasteiger partial charge is 0.497 e. The topological polar surface area (TPSA) is 109 Å². The minimum atomic E-state index is -0.476. The summed E-state index contributed by atoms with van der Waals surface area (Å²) in [7, 11) is 1.60. The van der Waals surface area contributed by atoms with Gasteiger partial charge >= 0.3 is 0 Å². The van der Waals surface area contributed by atoms with Crippen molar-refractivity contribution in [2.45, 2.75) is 4.90 Å². The van der Waals surface area contributed by atoms with Crippen molar-refractivity contribution in [2.75, 3.05) is 23.5 Å². The highest BCUT2D eigenvalue weighted by Crippen LogP contribution is 2.29. The van der Waals surface area contributed by atoms with Crippen LogP contribution in [0.4, 0.5) is 10.8 Å². The average Bonchev–Trinajstić information content (AvgIpc) is 3.42. The van der Waals surface area contributed by atoms with Crippen LogP contribution in [0, 0.1) is 0 Å². The Kier molecular flexibility index (Phi) is 9.27. The molecular formula is C32H26N4O4S2. The molecule has 0 aliphatic rings. The molecule has 3 amide bonds. The number of aromatic nitrogens is 1. The minimum Gasteiger partial charge on any atom is -0.497 e. The first kappa shape index (κ1) is 28.6. The van der Waals surface area contributed by atoms with Crippen LogP contribution in [-0.4, -0.2) is 35.6 Å². The Bertz CT molecular complexity index is 1750. The van der Waals surface area contributed by atoms with Crippen LogP contribution in [0.5, 0.6) is 5.75 Å². The molecule has 0 saturated heterocycles. The minimum absolute atomic E-state index is 0.0981. The van der Waals surface area contributed by atoms with Crippen molar-refractivity contribution >= 4 is 67.9 Å². The molecule has 0 fully saturated rings. The van der Waals surface area contributed by atoms with Gasteiger partial charge in [0.2, 0.25) is 5.91 Å². The van der Waals surface area contributed by atoms with Crippen LogP contribution in [0.2, 0.25) is 0 Å². The number of fused-ring (bicyclic) bond motifs is 1. The SMILES string of the molecule is COc1ccc2nc(NC(=O)CSc3cccc(NC(=O)/C(=C/c4ccccc4)NC(=O)c4ccccc4)c3)sc2c1. The van der Waals surface area contributed by atoms with Crippen LogP contribution in [-0.2, 0) is 9.59 Å². The standard InChI is InChI=1S/C32H26N4O4S2/c1-40-24-15-16-26-28(19-24)42-32(35-26)36-29(37)20-41-25-14-8-13-23(18-25)33-31(39)27(17-21-9-4-2-5-10-21)34-30(38)22-11-6-3-7-12-22/h2-19H,20H2,1H3,(H,33,39)(H,34,38)(H,35,36,37)/b27-17-. The molecule has 0 unspecified atom stereocenters. The maximum absolute atomic E-state index is 13.3. The van der Waals surface area contributed by atoms with E-state index in [0.717, 1.165) is 26.4 Å². The van der Waals surface area contributed by atoms with Crippen molar-refractivity contribution in [3.05, 3.63) is 120 Å². The molecule has 5 aromatic rings. The van der Waals surface area contributed by atoms with Crippen LogP contribution < -0.4 is 20.7 Å². The highest BCUT2D eigenvalue weighted by atomic mass is 32.2. The van der Waals surface area contributed by atoms with Crippen LogP contribution in [0.25, 0.3) is 16.3 Å². The lowest BCUT2D eigenvalue weighted by molar-refractivity contribution is -0.114. The summed E-state index contributed by atoms with van der Waals surface area (Å²) in [5, 5.41) is 8.95. The molecule has 0 radical (unpaired) electrons. The molecule has 0 aliphatic carbocycles. The molecule has 3 N–H and O–H groups in total. The summed E-state index contributed by atoms with van der Waals surface area (Å²) in [4.78, 5) is 44.0. The third-order valence-corrected chi connectivity index (χ3v) is 7.87. The number of hydrogen-bond donors (Lipinski definition) is 3. The summed E-state index contributed by atoms with van der Waals surface area (Å²) in [5.74, 6) is -0.181. The molecule has 1 heterocycles. The molecule has 0 aliphatic heterocycles. The van der Waals surface area contributed by atoms with E-state index in [0.29, 0.717) is 16.4 Å². The molecule has 0 spiro atoms. The summed E-state index contributed by atoms with van der Waals surface area (Å²) in [5.41, 5.74) is 2.61. The van der Waals surface area contributed by atoms with Crippen molar-refractivity contribution < 1.29 is 19.1 Å². The predicted molar refractivity (Wildman–Crippen MR) is 169 cm³/mol. The number of methoxy groups -OCH3 is 1. The summed E-state index contributed by atoms with van der Waals surface area (Å²) in [6.45, 7) is 0. The number of ether oxygens (including phenoxy) is 1. The second-order valence-corrected chi connectivity index (χ2v) is 11.0. The predicted octanol–water partition coefficient (Wildman–Crippen LogP) is 6.45. The normalized spacial score (nSPS) is 11.1. The van der Waals surface area contributed by atoms with Crippen molar-refractivity contribution in [3.8, 4) is 5.75 Å². The van der Waals surface area contributed by atoms with Gasteiger partial charge in [0.05, 0.1) is 23.1 Å². The number of thioether (sulfide) groups is 1. The van der Waals surface area contributed by atoms with E-state index in [4.69, 9.17) is 4.74 Å². The highest BCUT2D eigenvalue weighted by molar-refractivity contribution is 8.00. The van der Waals surface area contributed by atoms with E-state index < -0.39 is 11.8 Å². The monoisotopic (exact) mass is 594 g/mol. The van der Waals surface area contributed by atoms with E-state index in [1.54, 1.807) is 55.7 Å². The van der Waals surface area contributed by atoms with E-state index in [1.807, 2.05) is 60.7 Å². The van der Waals surface area contributed by atoms with Gasteiger partial charge in [0.15, 0.2) is 5.13 Å². The second-order valence-electron chi connectivity index (χ2n) is 8.96. The number of anilines is 2. The number of thiazole rings is 1. The first-order chi connectivity index (χ1) is 20.5. The van der Waals surface area contributed by atoms with Crippen molar-refractivity contribution in [1.82, 2.24) is 10.3 Å². The number of nitrogens with zero attached hydrogens (tertiary/aromatic N) is 1. The van der Waals surface area contributed by atoms with Crippen LogP contribution in [0.1, 0.15) is 15.9 Å². The number of benzene rings is 4. The van der Waals surface area contributed by atoms with E-state index in [-0.39, 0.29) is 17.4 Å². The molecule has 42 heavy (non-hydrogen) atoms. The molecule has 0 atom stereocenters. The lowest BCUT2D eigenvalue weighted by Gasteiger charge is -2.12. The molecule has 5 rings (SSSR count). The summed E-state index contributed by atoms with van der Waals surface area (Å²) in [6.07, 6.45) is 1.62. The molecule has 10 heteroatoms. The second kappa shape index (κ2) is 13.6. The Morgan fingerprint density at radius 1 is 0.881 bits per heavy atom. The smallest absolute Gasteiger partial charge is 0.272 e. The van der Waals surface area contributed by atoms with E-state index in [9.17, 15) is 14.4 Å². The summed E-state index contributed by atoms with van der Waals surface area (Å²) < 4.78 is 6.17. The van der Waals surface area contributed by atoms with Gasteiger partial charge in [0.25, 0.3) is 11.8 Å². The van der Waals surface area contributed by atoms with Crippen LogP contribution in [0.3, 0.4) is 0 Å². The molecule has 0 bridgehead atoms. The molecule has 8 nitrogen and oxygen atoms in total. The average molecular weight is 595 g/mol. The third kappa shape index (κ3) is 7.62. The lowest BCUT2D eigenvalue weighted by Crippen LogP contribution is -2.30. The zero-order valence-corrected chi connectivity index (χ0v) is 24.1. The van der Waals surface area contributed by atoms with Gasteiger partial charge in [-0.05, 0) is 60.2 Å². The van der Waals surface area contributed by atoms with Gasteiger partial charge in [0.1, 0.15) is 11.4 Å². The Hall–Kier alpha value is -4.93. The first-order valence-corrected chi connectivity index (χ1v) is 14.7. The lowest BCUT2D eigenvalue weighted by atomic mass is 10.1. The fourth-order valence-electron chi connectivity index (χ4n) is 3.91. The van der Waals surface area contributed by atoms with E-state index in [1.165, 1.54) is 23.1 Å². The number of nitrogens with one attached hydrogen (secondary N) is 3. The summed E-state index contributed by atoms with van der Waals surface area (Å²) >= 11 is 2.71. The molecule has 4 aromatic carbocycles. The Morgan fingerprint density at radius 3 is 2.40 bits per heavy atom. The van der Waals surface area contributed by atoms with Gasteiger partial charge in [0, 0.05) is 16.1 Å². The Morgan fingerprint density at radius 2 is 1.64 bits per heavy atom. The number of hydrogen-bond acceptors (Lipinski definition) is 7. The first-order valence-electron chi connectivity index (χ1n) is 12.9. The van der Waals surface area contributed by atoms with Crippen LogP contribution >= 0.6 is 23.1 Å². The van der Waals surface area contributed by atoms with Gasteiger partial charge in [-0.15, -0.1) is 11.8 Å². The third-order valence-electron chi connectivity index (χ3n) is 5.94. The number of amides is 3. The van der Waals surface area contributed by atoms with Crippen molar-refractivity contribution in [1.29, 1.82) is 0 Å². The van der Waals surface area contributed by atoms with Crippen LogP contribution in [0.15, 0.2) is 114 Å². The quantitative estimate of drug-likeness (QED) is 0.127. The van der Waals surface area contributed by atoms with Gasteiger partial charge in [-0.2, -0.15) is 0 Å². The molecule has 210 valence electrons. The molecular weight excluding hydrogens is 569 g/mol. The Balaban J connectivity index is 1.23. The van der Waals surface area contributed by atoms with E-state index >= 15 is 0 Å². The number of carbonyl (C=O) groups is 3. The van der Waals surface area contributed by atoms with Crippen molar-refractivity contribution in [3.63, 3.8) is 0 Å². The number of rotatable bonds is 10. The zero-order valence-electron chi connectivity index (χ0n) is 22.5. The molecule has 1 aromatic heterocycles. The number of carbonyl (C=O) groups excluding carboxylic acids is 3. The Labute approximate surface area is 250 Å². The fourth-order valence-corrected chi connectivity index (χ4v) is 5.58. The zero-order chi connectivity index (χ0) is 29.3.